The van der Waals surface area contributed by atoms with Crippen molar-refractivity contribution in [3.8, 4) is 0 Å². The van der Waals surface area contributed by atoms with Crippen LogP contribution in [0.1, 0.15) is 22.8 Å². The fourth-order valence-electron chi connectivity index (χ4n) is 1.79. The highest BCUT2D eigenvalue weighted by atomic mass is 32.2. The van der Waals surface area contributed by atoms with Crippen molar-refractivity contribution in [1.82, 2.24) is 5.32 Å². The SMILES string of the molecule is COCCNC(=O)[C@@H](C)OC(=O)c1cccc(CS(C)(=O)=O)c1. The Morgan fingerprint density at radius 1 is 1.30 bits per heavy atom. The van der Waals surface area contributed by atoms with E-state index in [-0.39, 0.29) is 11.3 Å². The van der Waals surface area contributed by atoms with Crippen LogP contribution in [0.15, 0.2) is 24.3 Å². The summed E-state index contributed by atoms with van der Waals surface area (Å²) in [5.74, 6) is -1.28. The van der Waals surface area contributed by atoms with Crippen molar-refractivity contribution in [2.45, 2.75) is 18.8 Å². The van der Waals surface area contributed by atoms with Crippen molar-refractivity contribution in [3.63, 3.8) is 0 Å². The highest BCUT2D eigenvalue weighted by Gasteiger charge is 2.19. The van der Waals surface area contributed by atoms with Crippen LogP contribution in [0.3, 0.4) is 0 Å². The van der Waals surface area contributed by atoms with Gasteiger partial charge in [0.15, 0.2) is 15.9 Å². The Bertz CT molecular complexity index is 656. The van der Waals surface area contributed by atoms with Crippen molar-refractivity contribution >= 4 is 21.7 Å². The molecule has 1 rings (SSSR count). The average Bonchev–Trinajstić information content (AvgIpc) is 2.45. The lowest BCUT2D eigenvalue weighted by Crippen LogP contribution is -2.37. The van der Waals surface area contributed by atoms with Gasteiger partial charge in [-0.25, -0.2) is 13.2 Å². The molecule has 0 aliphatic heterocycles. The minimum atomic E-state index is -3.20. The molecular formula is C15H21NO6S. The number of ether oxygens (including phenoxy) is 2. The van der Waals surface area contributed by atoms with Gasteiger partial charge in [0.2, 0.25) is 0 Å². The van der Waals surface area contributed by atoms with E-state index >= 15 is 0 Å². The van der Waals surface area contributed by atoms with Crippen LogP contribution >= 0.6 is 0 Å². The molecule has 7 nitrogen and oxygen atoms in total. The van der Waals surface area contributed by atoms with Crippen molar-refractivity contribution in [3.05, 3.63) is 35.4 Å². The van der Waals surface area contributed by atoms with Gasteiger partial charge >= 0.3 is 5.97 Å². The Morgan fingerprint density at radius 2 is 2.00 bits per heavy atom. The van der Waals surface area contributed by atoms with E-state index in [9.17, 15) is 18.0 Å². The third kappa shape index (κ3) is 7.25. The number of esters is 1. The zero-order valence-electron chi connectivity index (χ0n) is 13.4. The summed E-state index contributed by atoms with van der Waals surface area (Å²) in [4.78, 5) is 23.7. The largest absolute Gasteiger partial charge is 0.449 e. The Kier molecular flexibility index (Phi) is 7.18. The quantitative estimate of drug-likeness (QED) is 0.546. The Balaban J connectivity index is 2.67. The Hall–Kier alpha value is -1.93. The molecule has 0 aromatic heterocycles. The smallest absolute Gasteiger partial charge is 0.338 e. The molecule has 1 amide bonds. The lowest BCUT2D eigenvalue weighted by molar-refractivity contribution is -0.129. The topological polar surface area (TPSA) is 98.8 Å². The molecule has 0 aliphatic rings. The monoisotopic (exact) mass is 343 g/mol. The van der Waals surface area contributed by atoms with E-state index in [4.69, 9.17) is 9.47 Å². The first-order valence-electron chi connectivity index (χ1n) is 6.97. The van der Waals surface area contributed by atoms with Crippen LogP contribution < -0.4 is 5.32 Å². The van der Waals surface area contributed by atoms with Gasteiger partial charge in [-0.05, 0) is 24.6 Å². The van der Waals surface area contributed by atoms with Crippen LogP contribution in [0.2, 0.25) is 0 Å². The third-order valence-electron chi connectivity index (χ3n) is 2.85. The third-order valence-corrected chi connectivity index (χ3v) is 3.71. The van der Waals surface area contributed by atoms with E-state index < -0.39 is 27.8 Å². The molecule has 0 aliphatic carbocycles. The summed E-state index contributed by atoms with van der Waals surface area (Å²) in [6.45, 7) is 2.14. The molecule has 1 aromatic carbocycles. The summed E-state index contributed by atoms with van der Waals surface area (Å²) in [5, 5.41) is 2.56. The summed E-state index contributed by atoms with van der Waals surface area (Å²) in [6, 6.07) is 6.13. The second-order valence-electron chi connectivity index (χ2n) is 5.10. The van der Waals surface area contributed by atoms with E-state index in [1.807, 2.05) is 0 Å². The predicted molar refractivity (Wildman–Crippen MR) is 84.8 cm³/mol. The second kappa shape index (κ2) is 8.64. The van der Waals surface area contributed by atoms with Gasteiger partial charge < -0.3 is 14.8 Å². The van der Waals surface area contributed by atoms with Gasteiger partial charge in [0, 0.05) is 19.9 Å². The fraction of sp³-hybridized carbons (Fsp3) is 0.467. The summed E-state index contributed by atoms with van der Waals surface area (Å²) in [6.07, 6.45) is 0.155. The zero-order valence-corrected chi connectivity index (χ0v) is 14.2. The summed E-state index contributed by atoms with van der Waals surface area (Å²) in [7, 11) is -1.68. The van der Waals surface area contributed by atoms with Crippen molar-refractivity contribution in [2.24, 2.45) is 0 Å². The molecule has 0 fully saturated rings. The number of carbonyl (C=O) groups excluding carboxylic acids is 2. The number of hydrogen-bond donors (Lipinski definition) is 1. The molecular weight excluding hydrogens is 322 g/mol. The summed E-state index contributed by atoms with van der Waals surface area (Å²) < 4.78 is 32.5. The van der Waals surface area contributed by atoms with Crippen LogP contribution in [0.5, 0.6) is 0 Å². The number of methoxy groups -OCH3 is 1. The summed E-state index contributed by atoms with van der Waals surface area (Å²) >= 11 is 0. The maximum atomic E-state index is 12.0. The number of sulfone groups is 1. The maximum absolute atomic E-state index is 12.0. The molecule has 0 spiro atoms. The van der Waals surface area contributed by atoms with Crippen molar-refractivity contribution in [2.75, 3.05) is 26.5 Å². The number of nitrogens with one attached hydrogen (secondary N) is 1. The van der Waals surface area contributed by atoms with Crippen LogP contribution in [0.4, 0.5) is 0 Å². The Labute approximate surface area is 135 Å². The molecule has 23 heavy (non-hydrogen) atoms. The second-order valence-corrected chi connectivity index (χ2v) is 7.24. The number of benzene rings is 1. The first-order valence-corrected chi connectivity index (χ1v) is 9.03. The number of hydrogen-bond acceptors (Lipinski definition) is 6. The van der Waals surface area contributed by atoms with Gasteiger partial charge in [-0.3, -0.25) is 4.79 Å². The predicted octanol–water partition coefficient (Wildman–Crippen LogP) is 0.539. The maximum Gasteiger partial charge on any atom is 0.338 e. The lowest BCUT2D eigenvalue weighted by Gasteiger charge is -2.13. The molecule has 0 radical (unpaired) electrons. The van der Waals surface area contributed by atoms with Crippen LogP contribution in [0.25, 0.3) is 0 Å². The number of rotatable bonds is 8. The molecule has 128 valence electrons. The van der Waals surface area contributed by atoms with Gasteiger partial charge in [0.05, 0.1) is 17.9 Å². The minimum absolute atomic E-state index is 0.165. The van der Waals surface area contributed by atoms with Crippen molar-refractivity contribution in [1.29, 1.82) is 0 Å². The lowest BCUT2D eigenvalue weighted by atomic mass is 10.1. The van der Waals surface area contributed by atoms with E-state index in [1.54, 1.807) is 12.1 Å². The van der Waals surface area contributed by atoms with Gasteiger partial charge in [-0.15, -0.1) is 0 Å². The van der Waals surface area contributed by atoms with E-state index in [0.29, 0.717) is 18.7 Å². The molecule has 0 bridgehead atoms. The average molecular weight is 343 g/mol. The van der Waals surface area contributed by atoms with Gasteiger partial charge in [-0.1, -0.05) is 12.1 Å². The normalized spacial score (nSPS) is 12.5. The van der Waals surface area contributed by atoms with E-state index in [2.05, 4.69) is 5.32 Å². The minimum Gasteiger partial charge on any atom is -0.449 e. The van der Waals surface area contributed by atoms with Crippen LogP contribution in [-0.4, -0.2) is 52.9 Å². The van der Waals surface area contributed by atoms with E-state index in [0.717, 1.165) is 6.26 Å². The molecule has 0 unspecified atom stereocenters. The zero-order chi connectivity index (χ0) is 17.5. The van der Waals surface area contributed by atoms with Gasteiger partial charge in [0.1, 0.15) is 0 Å². The molecule has 0 saturated heterocycles. The first-order chi connectivity index (χ1) is 10.7. The van der Waals surface area contributed by atoms with Crippen molar-refractivity contribution < 1.29 is 27.5 Å². The first kappa shape index (κ1) is 19.1. The Morgan fingerprint density at radius 3 is 2.61 bits per heavy atom. The highest BCUT2D eigenvalue weighted by molar-refractivity contribution is 7.89. The molecule has 0 saturated carbocycles. The van der Waals surface area contributed by atoms with Gasteiger partial charge in [0.25, 0.3) is 5.91 Å². The van der Waals surface area contributed by atoms with Gasteiger partial charge in [-0.2, -0.15) is 0 Å². The molecule has 0 heterocycles. The summed E-state index contributed by atoms with van der Waals surface area (Å²) in [5.41, 5.74) is 0.682. The molecule has 1 aromatic rings. The van der Waals surface area contributed by atoms with Crippen LogP contribution in [0, 0.1) is 0 Å². The fourth-order valence-corrected chi connectivity index (χ4v) is 2.58. The standard InChI is InChI=1S/C15H21NO6S/c1-11(14(17)16-7-8-21-2)22-15(18)13-6-4-5-12(9-13)10-23(3,19)20/h4-6,9,11H,7-8,10H2,1-3H3,(H,16,17)/t11-/m1/s1. The molecule has 1 N–H and O–H groups in total. The highest BCUT2D eigenvalue weighted by Crippen LogP contribution is 2.11. The molecule has 1 atom stereocenters. The van der Waals surface area contributed by atoms with E-state index in [1.165, 1.54) is 26.2 Å². The van der Waals surface area contributed by atoms with Crippen LogP contribution in [-0.2, 0) is 29.9 Å². The number of carbonyl (C=O) groups is 2. The number of amides is 1. The molecule has 8 heteroatoms.